The van der Waals surface area contributed by atoms with E-state index in [-0.39, 0.29) is 5.91 Å². The number of aryl methyl sites for hydroxylation is 2. The summed E-state index contributed by atoms with van der Waals surface area (Å²) in [5.74, 6) is -2.79. The zero-order valence-corrected chi connectivity index (χ0v) is 11.9. The van der Waals surface area contributed by atoms with Crippen molar-refractivity contribution in [2.45, 2.75) is 26.1 Å². The van der Waals surface area contributed by atoms with Gasteiger partial charge >= 0.3 is 5.97 Å². The minimum Gasteiger partial charge on any atom is -0.481 e. The van der Waals surface area contributed by atoms with Gasteiger partial charge in [0.1, 0.15) is 5.92 Å². The molecule has 0 radical (unpaired) electrons. The smallest absolute Gasteiger partial charge is 0.310 e. The number of carbonyl (C=O) groups is 2. The Bertz CT molecular complexity index is 617. The van der Waals surface area contributed by atoms with Crippen LogP contribution in [-0.4, -0.2) is 29.2 Å². The highest BCUT2D eigenvalue weighted by molar-refractivity contribution is 5.96. The van der Waals surface area contributed by atoms with E-state index in [0.29, 0.717) is 5.69 Å². The molecular weight excluding hydrogens is 270 g/mol. The van der Waals surface area contributed by atoms with E-state index in [2.05, 4.69) is 5.32 Å². The summed E-state index contributed by atoms with van der Waals surface area (Å²) in [7, 11) is 0. The van der Waals surface area contributed by atoms with Gasteiger partial charge in [0, 0.05) is 5.69 Å². The fourth-order valence-electron chi connectivity index (χ4n) is 3.19. The van der Waals surface area contributed by atoms with Crippen LogP contribution in [-0.2, 0) is 14.3 Å². The molecule has 0 unspecified atom stereocenters. The quantitative estimate of drug-likeness (QED) is 0.833. The van der Waals surface area contributed by atoms with Gasteiger partial charge in [-0.25, -0.2) is 0 Å². The molecule has 2 bridgehead atoms. The molecular formula is C16H17NO4. The van der Waals surface area contributed by atoms with Crippen molar-refractivity contribution in [2.75, 3.05) is 5.32 Å². The molecule has 1 aromatic carbocycles. The highest BCUT2D eigenvalue weighted by Gasteiger charge is 2.53. The van der Waals surface area contributed by atoms with Crippen LogP contribution in [0, 0.1) is 25.7 Å². The molecule has 0 aliphatic carbocycles. The molecule has 1 aromatic rings. The van der Waals surface area contributed by atoms with Crippen LogP contribution in [0.5, 0.6) is 0 Å². The van der Waals surface area contributed by atoms with Gasteiger partial charge in [0.15, 0.2) is 0 Å². The van der Waals surface area contributed by atoms with E-state index in [9.17, 15) is 14.7 Å². The van der Waals surface area contributed by atoms with Crippen LogP contribution in [0.4, 0.5) is 5.69 Å². The highest BCUT2D eigenvalue weighted by Crippen LogP contribution is 2.39. The number of hydrogen-bond acceptors (Lipinski definition) is 3. The standard InChI is InChI=1S/C16H17NO4/c1-8-5-9(2)7-10(6-8)17-15(18)13-11-3-4-12(21-11)14(13)16(19)20/h3-7,11-14H,1-2H3,(H,17,18)(H,19,20)/t11-,12-,13+,14-/m1/s1. The number of carbonyl (C=O) groups excluding carboxylic acids is 1. The van der Waals surface area contributed by atoms with Crippen molar-refractivity contribution in [3.05, 3.63) is 41.5 Å². The lowest BCUT2D eigenvalue weighted by Gasteiger charge is -2.21. The number of amides is 1. The first kappa shape index (κ1) is 13.8. The maximum Gasteiger partial charge on any atom is 0.310 e. The summed E-state index contributed by atoms with van der Waals surface area (Å²) in [4.78, 5) is 23.8. The number of benzene rings is 1. The van der Waals surface area contributed by atoms with E-state index in [1.54, 1.807) is 12.2 Å². The minimum absolute atomic E-state index is 0.302. The lowest BCUT2D eigenvalue weighted by atomic mass is 9.82. The molecule has 4 atom stereocenters. The van der Waals surface area contributed by atoms with E-state index in [4.69, 9.17) is 4.74 Å². The third-order valence-corrected chi connectivity index (χ3v) is 3.98. The second kappa shape index (κ2) is 5.00. The van der Waals surface area contributed by atoms with Crippen LogP contribution in [0.1, 0.15) is 11.1 Å². The number of carboxylic acids is 1. The lowest BCUT2D eigenvalue weighted by Crippen LogP contribution is -2.39. The van der Waals surface area contributed by atoms with E-state index in [1.807, 2.05) is 32.0 Å². The summed E-state index contributed by atoms with van der Waals surface area (Å²) >= 11 is 0. The Balaban J connectivity index is 1.82. The maximum absolute atomic E-state index is 12.5. The number of anilines is 1. The molecule has 0 aromatic heterocycles. The van der Waals surface area contributed by atoms with Gasteiger partial charge in [-0.2, -0.15) is 0 Å². The van der Waals surface area contributed by atoms with Gasteiger partial charge in [0.25, 0.3) is 0 Å². The van der Waals surface area contributed by atoms with E-state index in [1.165, 1.54) is 0 Å². The summed E-state index contributed by atoms with van der Waals surface area (Å²) in [6, 6.07) is 5.74. The maximum atomic E-state index is 12.5. The summed E-state index contributed by atoms with van der Waals surface area (Å²) in [6.07, 6.45) is 2.56. The van der Waals surface area contributed by atoms with Crippen LogP contribution in [0.2, 0.25) is 0 Å². The molecule has 0 saturated carbocycles. The van der Waals surface area contributed by atoms with E-state index >= 15 is 0 Å². The third kappa shape index (κ3) is 2.45. The van der Waals surface area contributed by atoms with Gasteiger partial charge in [-0.1, -0.05) is 18.2 Å². The van der Waals surface area contributed by atoms with Gasteiger partial charge < -0.3 is 15.2 Å². The third-order valence-electron chi connectivity index (χ3n) is 3.98. The zero-order valence-electron chi connectivity index (χ0n) is 11.9. The number of ether oxygens (including phenoxy) is 1. The van der Waals surface area contributed by atoms with Crippen LogP contribution in [0.15, 0.2) is 30.4 Å². The number of nitrogens with one attached hydrogen (secondary N) is 1. The van der Waals surface area contributed by atoms with Crippen LogP contribution in [0.25, 0.3) is 0 Å². The van der Waals surface area contributed by atoms with Crippen molar-refractivity contribution in [3.63, 3.8) is 0 Å². The monoisotopic (exact) mass is 287 g/mol. The van der Waals surface area contributed by atoms with Crippen molar-refractivity contribution in [3.8, 4) is 0 Å². The molecule has 110 valence electrons. The second-order valence-corrected chi connectivity index (χ2v) is 5.71. The first-order valence-electron chi connectivity index (χ1n) is 6.91. The van der Waals surface area contributed by atoms with Gasteiger partial charge in [-0.3, -0.25) is 9.59 Å². The molecule has 2 aliphatic rings. The van der Waals surface area contributed by atoms with Crippen LogP contribution < -0.4 is 5.32 Å². The largest absolute Gasteiger partial charge is 0.481 e. The Kier molecular flexibility index (Phi) is 3.29. The molecule has 0 spiro atoms. The molecule has 1 fully saturated rings. The normalized spacial score (nSPS) is 29.6. The SMILES string of the molecule is Cc1cc(C)cc(NC(=O)[C@@H]2[C@H](C(=O)O)[C@H]3C=C[C@H]2O3)c1. The van der Waals surface area contributed by atoms with Gasteiger partial charge in [-0.05, 0) is 37.1 Å². The fraction of sp³-hybridized carbons (Fsp3) is 0.375. The molecule has 21 heavy (non-hydrogen) atoms. The Labute approximate surface area is 122 Å². The van der Waals surface area contributed by atoms with Crippen LogP contribution in [0.3, 0.4) is 0 Å². The number of aliphatic carboxylic acids is 1. The predicted molar refractivity (Wildman–Crippen MR) is 77.0 cm³/mol. The predicted octanol–water partition coefficient (Wildman–Crippen LogP) is 1.90. The van der Waals surface area contributed by atoms with Gasteiger partial charge in [-0.15, -0.1) is 0 Å². The van der Waals surface area contributed by atoms with E-state index in [0.717, 1.165) is 11.1 Å². The fourth-order valence-corrected chi connectivity index (χ4v) is 3.19. The molecule has 5 heteroatoms. The Hall–Kier alpha value is -2.14. The zero-order chi connectivity index (χ0) is 15.1. The highest BCUT2D eigenvalue weighted by atomic mass is 16.5. The Morgan fingerprint density at radius 3 is 2.19 bits per heavy atom. The summed E-state index contributed by atoms with van der Waals surface area (Å²) in [6.45, 7) is 3.90. The molecule has 2 N–H and O–H groups in total. The molecule has 3 rings (SSSR count). The van der Waals surface area contributed by atoms with E-state index < -0.39 is 30.0 Å². The second-order valence-electron chi connectivity index (χ2n) is 5.71. The molecule has 5 nitrogen and oxygen atoms in total. The number of carboxylic acid groups (broad SMARTS) is 1. The van der Waals surface area contributed by atoms with Crippen molar-refractivity contribution >= 4 is 17.6 Å². The first-order valence-corrected chi connectivity index (χ1v) is 6.91. The van der Waals surface area contributed by atoms with Crippen molar-refractivity contribution in [1.82, 2.24) is 0 Å². The van der Waals surface area contributed by atoms with Crippen molar-refractivity contribution in [1.29, 1.82) is 0 Å². The summed E-state index contributed by atoms with van der Waals surface area (Å²) in [5, 5.41) is 12.1. The molecule has 1 amide bonds. The summed E-state index contributed by atoms with van der Waals surface area (Å²) < 4.78 is 5.51. The summed E-state index contributed by atoms with van der Waals surface area (Å²) in [5.41, 5.74) is 2.78. The van der Waals surface area contributed by atoms with Gasteiger partial charge in [0.05, 0.1) is 18.1 Å². The number of fused-ring (bicyclic) bond motifs is 2. The average molecular weight is 287 g/mol. The average Bonchev–Trinajstić information content (AvgIpc) is 2.96. The topological polar surface area (TPSA) is 75.6 Å². The lowest BCUT2D eigenvalue weighted by molar-refractivity contribution is -0.145. The van der Waals surface area contributed by atoms with Crippen LogP contribution >= 0.6 is 0 Å². The Morgan fingerprint density at radius 1 is 1.05 bits per heavy atom. The molecule has 2 heterocycles. The van der Waals surface area contributed by atoms with Crippen molar-refractivity contribution < 1.29 is 19.4 Å². The number of hydrogen-bond donors (Lipinski definition) is 2. The first-order chi connectivity index (χ1) is 9.95. The minimum atomic E-state index is -0.993. The Morgan fingerprint density at radius 2 is 1.62 bits per heavy atom. The number of rotatable bonds is 3. The van der Waals surface area contributed by atoms with Gasteiger partial charge in [0.2, 0.25) is 5.91 Å². The molecule has 2 aliphatic heterocycles. The molecule has 1 saturated heterocycles. The van der Waals surface area contributed by atoms with Crippen molar-refractivity contribution in [2.24, 2.45) is 11.8 Å².